The zero-order chi connectivity index (χ0) is 7.73. The second kappa shape index (κ2) is 2.63. The van der Waals surface area contributed by atoms with Crippen LogP contribution >= 0.6 is 0 Å². The van der Waals surface area contributed by atoms with E-state index < -0.39 is 0 Å². The molecule has 3 aliphatic rings. The van der Waals surface area contributed by atoms with Crippen molar-refractivity contribution in [3.05, 3.63) is 12.2 Å². The standard InChI is InChI=1S/C10H17N/c11-8-7-10-4-1-9(2-5-10)3-6-10/h1,4,9H,2-3,5-8,11H2. The summed E-state index contributed by atoms with van der Waals surface area (Å²) in [6.45, 7) is 0.856. The molecule has 0 radical (unpaired) electrons. The number of rotatable bonds is 2. The van der Waals surface area contributed by atoms with Gasteiger partial charge < -0.3 is 5.73 Å². The Bertz CT molecular complexity index is 164. The molecule has 1 fully saturated rings. The lowest BCUT2D eigenvalue weighted by Crippen LogP contribution is -2.31. The molecule has 0 aliphatic heterocycles. The smallest absolute Gasteiger partial charge is 0.00690 e. The molecule has 0 aromatic heterocycles. The van der Waals surface area contributed by atoms with E-state index in [2.05, 4.69) is 12.2 Å². The Morgan fingerprint density at radius 2 is 2.09 bits per heavy atom. The highest BCUT2D eigenvalue weighted by Gasteiger charge is 2.35. The highest BCUT2D eigenvalue weighted by molar-refractivity contribution is 5.11. The van der Waals surface area contributed by atoms with Crippen molar-refractivity contribution in [3.8, 4) is 0 Å². The van der Waals surface area contributed by atoms with Crippen LogP contribution in [0.2, 0.25) is 0 Å². The van der Waals surface area contributed by atoms with Gasteiger partial charge in [0.2, 0.25) is 0 Å². The van der Waals surface area contributed by atoms with Crippen LogP contribution < -0.4 is 5.73 Å². The van der Waals surface area contributed by atoms with Crippen molar-refractivity contribution in [1.29, 1.82) is 0 Å². The fraction of sp³-hybridized carbons (Fsp3) is 0.800. The van der Waals surface area contributed by atoms with E-state index in [1.165, 1.54) is 32.1 Å². The third-order valence-electron chi connectivity index (χ3n) is 3.39. The normalized spacial score (nSPS) is 41.4. The molecular formula is C10H17N. The number of fused-ring (bicyclic) bond motifs is 2. The average molecular weight is 151 g/mol. The first kappa shape index (κ1) is 7.35. The minimum absolute atomic E-state index is 0.531. The van der Waals surface area contributed by atoms with Gasteiger partial charge in [-0.15, -0.1) is 0 Å². The molecule has 1 saturated carbocycles. The van der Waals surface area contributed by atoms with Crippen LogP contribution in [-0.2, 0) is 0 Å². The van der Waals surface area contributed by atoms with Crippen LogP contribution in [0.4, 0.5) is 0 Å². The molecule has 2 bridgehead atoms. The summed E-state index contributed by atoms with van der Waals surface area (Å²) in [5.74, 6) is 0.912. The third-order valence-corrected chi connectivity index (χ3v) is 3.39. The molecule has 0 spiro atoms. The summed E-state index contributed by atoms with van der Waals surface area (Å²) in [6, 6.07) is 0. The summed E-state index contributed by atoms with van der Waals surface area (Å²) in [5.41, 5.74) is 6.13. The van der Waals surface area contributed by atoms with E-state index >= 15 is 0 Å². The molecule has 0 aromatic carbocycles. The maximum absolute atomic E-state index is 5.60. The summed E-state index contributed by atoms with van der Waals surface area (Å²) in [6.07, 6.45) is 11.7. The van der Waals surface area contributed by atoms with Crippen molar-refractivity contribution in [2.45, 2.75) is 32.1 Å². The molecule has 0 atom stereocenters. The van der Waals surface area contributed by atoms with Crippen LogP contribution in [0.25, 0.3) is 0 Å². The molecule has 62 valence electrons. The first-order valence-corrected chi connectivity index (χ1v) is 4.74. The van der Waals surface area contributed by atoms with E-state index in [0.717, 1.165) is 12.5 Å². The minimum atomic E-state index is 0.531. The van der Waals surface area contributed by atoms with E-state index in [9.17, 15) is 0 Å². The number of allylic oxidation sites excluding steroid dienone is 2. The molecule has 1 heteroatoms. The predicted octanol–water partition coefficient (Wildman–Crippen LogP) is 2.08. The fourth-order valence-electron chi connectivity index (χ4n) is 2.54. The molecule has 0 aromatic rings. The van der Waals surface area contributed by atoms with Crippen LogP contribution in [0.15, 0.2) is 12.2 Å². The quantitative estimate of drug-likeness (QED) is 0.601. The number of hydrogen-bond donors (Lipinski definition) is 1. The minimum Gasteiger partial charge on any atom is -0.330 e. The number of hydrogen-bond acceptors (Lipinski definition) is 1. The maximum Gasteiger partial charge on any atom is -0.00690 e. The van der Waals surface area contributed by atoms with Crippen LogP contribution in [0.3, 0.4) is 0 Å². The fourth-order valence-corrected chi connectivity index (χ4v) is 2.54. The first-order valence-electron chi connectivity index (χ1n) is 4.74. The van der Waals surface area contributed by atoms with Crippen LogP contribution in [0, 0.1) is 11.3 Å². The largest absolute Gasteiger partial charge is 0.330 e. The Labute approximate surface area is 68.7 Å². The Hall–Kier alpha value is -0.300. The predicted molar refractivity (Wildman–Crippen MR) is 47.2 cm³/mol. The van der Waals surface area contributed by atoms with Crippen molar-refractivity contribution in [2.24, 2.45) is 17.1 Å². The zero-order valence-electron chi connectivity index (χ0n) is 7.05. The number of nitrogens with two attached hydrogens (primary N) is 1. The molecule has 0 amide bonds. The molecule has 3 aliphatic carbocycles. The van der Waals surface area contributed by atoms with E-state index in [-0.39, 0.29) is 0 Å². The third kappa shape index (κ3) is 1.22. The van der Waals surface area contributed by atoms with Crippen LogP contribution in [-0.4, -0.2) is 6.54 Å². The molecule has 3 rings (SSSR count). The maximum atomic E-state index is 5.60. The van der Waals surface area contributed by atoms with Crippen molar-refractivity contribution < 1.29 is 0 Å². The molecule has 0 unspecified atom stereocenters. The first-order chi connectivity index (χ1) is 5.35. The monoisotopic (exact) mass is 151 g/mol. The van der Waals surface area contributed by atoms with Crippen molar-refractivity contribution in [3.63, 3.8) is 0 Å². The lowest BCUT2D eigenvalue weighted by Gasteiger charge is -2.41. The van der Waals surface area contributed by atoms with Crippen molar-refractivity contribution in [2.75, 3.05) is 6.54 Å². The summed E-state index contributed by atoms with van der Waals surface area (Å²) in [7, 11) is 0. The van der Waals surface area contributed by atoms with Gasteiger partial charge in [-0.3, -0.25) is 0 Å². The molecule has 1 nitrogen and oxygen atoms in total. The SMILES string of the molecule is NCCC12C=CC(CC1)CC2. The van der Waals surface area contributed by atoms with E-state index in [1.807, 2.05) is 0 Å². The van der Waals surface area contributed by atoms with Gasteiger partial charge in [-0.1, -0.05) is 12.2 Å². The van der Waals surface area contributed by atoms with E-state index in [4.69, 9.17) is 5.73 Å². The van der Waals surface area contributed by atoms with Gasteiger partial charge in [0.05, 0.1) is 0 Å². The highest BCUT2D eigenvalue weighted by Crippen LogP contribution is 2.47. The van der Waals surface area contributed by atoms with Gasteiger partial charge in [0.25, 0.3) is 0 Å². The van der Waals surface area contributed by atoms with Gasteiger partial charge in [-0.25, -0.2) is 0 Å². The van der Waals surface area contributed by atoms with Gasteiger partial charge >= 0.3 is 0 Å². The summed E-state index contributed by atoms with van der Waals surface area (Å²) < 4.78 is 0. The summed E-state index contributed by atoms with van der Waals surface area (Å²) >= 11 is 0. The Kier molecular flexibility index (Phi) is 1.76. The molecule has 11 heavy (non-hydrogen) atoms. The second-order valence-electron chi connectivity index (χ2n) is 4.10. The lowest BCUT2D eigenvalue weighted by molar-refractivity contribution is 0.191. The Morgan fingerprint density at radius 1 is 1.36 bits per heavy atom. The van der Waals surface area contributed by atoms with Crippen LogP contribution in [0.1, 0.15) is 32.1 Å². The topological polar surface area (TPSA) is 26.0 Å². The average Bonchev–Trinajstić information content (AvgIpc) is 2.07. The summed E-state index contributed by atoms with van der Waals surface area (Å²) in [5, 5.41) is 0. The Balaban J connectivity index is 2.11. The van der Waals surface area contributed by atoms with Gasteiger partial charge in [0.1, 0.15) is 0 Å². The highest BCUT2D eigenvalue weighted by atomic mass is 14.5. The van der Waals surface area contributed by atoms with Crippen LogP contribution in [0.5, 0.6) is 0 Å². The molecule has 0 saturated heterocycles. The summed E-state index contributed by atoms with van der Waals surface area (Å²) in [4.78, 5) is 0. The zero-order valence-corrected chi connectivity index (χ0v) is 7.05. The van der Waals surface area contributed by atoms with Gasteiger partial charge in [-0.05, 0) is 50.0 Å². The molecular weight excluding hydrogens is 134 g/mol. The molecule has 0 heterocycles. The molecule has 2 N–H and O–H groups in total. The van der Waals surface area contributed by atoms with Crippen molar-refractivity contribution >= 4 is 0 Å². The Morgan fingerprint density at radius 3 is 2.55 bits per heavy atom. The second-order valence-corrected chi connectivity index (χ2v) is 4.10. The van der Waals surface area contributed by atoms with E-state index in [0.29, 0.717) is 5.41 Å². The van der Waals surface area contributed by atoms with Gasteiger partial charge in [0, 0.05) is 0 Å². The lowest BCUT2D eigenvalue weighted by atomic mass is 9.64. The van der Waals surface area contributed by atoms with Gasteiger partial charge in [0.15, 0.2) is 0 Å². The van der Waals surface area contributed by atoms with Gasteiger partial charge in [-0.2, -0.15) is 0 Å². The van der Waals surface area contributed by atoms with Crippen molar-refractivity contribution in [1.82, 2.24) is 0 Å². The van der Waals surface area contributed by atoms with E-state index in [1.54, 1.807) is 0 Å².